The second-order valence-corrected chi connectivity index (χ2v) is 8.33. The topological polar surface area (TPSA) is 53.6 Å². The summed E-state index contributed by atoms with van der Waals surface area (Å²) in [6.45, 7) is 2.69. The number of hydrogen-bond acceptors (Lipinski definition) is 3. The Kier molecular flexibility index (Phi) is 6.84. The Morgan fingerprint density at radius 3 is 2.40 bits per heavy atom. The Hall–Kier alpha value is -2.60. The zero-order chi connectivity index (χ0) is 20.8. The van der Waals surface area contributed by atoms with Crippen molar-refractivity contribution in [3.63, 3.8) is 0 Å². The van der Waals surface area contributed by atoms with Gasteiger partial charge in [0.25, 0.3) is 0 Å². The molecule has 0 unspecified atom stereocenters. The highest BCUT2D eigenvalue weighted by atomic mass is 19.1. The number of rotatable bonds is 6. The third-order valence-corrected chi connectivity index (χ3v) is 5.98. The Balaban J connectivity index is 1.24. The van der Waals surface area contributed by atoms with Crippen LogP contribution >= 0.6 is 0 Å². The van der Waals surface area contributed by atoms with Crippen LogP contribution in [0.1, 0.15) is 44.1 Å². The standard InChI is InChI=1S/C24H30FN3O2/c25-22-10-3-4-11-23(22)30-21-9-5-6-18(16-21)17-28-14-12-20(13-15-28)27-24(29)26-19-7-1-2-8-19/h3-6,9-11,16,19-20H,1-2,7-8,12-15,17H2,(H2,26,27,29). The number of ether oxygens (including phenoxy) is 1. The largest absolute Gasteiger partial charge is 0.454 e. The van der Waals surface area contributed by atoms with Crippen molar-refractivity contribution in [1.29, 1.82) is 0 Å². The van der Waals surface area contributed by atoms with Crippen LogP contribution in [-0.4, -0.2) is 36.1 Å². The summed E-state index contributed by atoms with van der Waals surface area (Å²) in [7, 11) is 0. The van der Waals surface area contributed by atoms with Crippen LogP contribution in [0.15, 0.2) is 48.5 Å². The number of nitrogens with one attached hydrogen (secondary N) is 2. The van der Waals surface area contributed by atoms with E-state index in [4.69, 9.17) is 4.74 Å². The first-order valence-corrected chi connectivity index (χ1v) is 11.0. The molecule has 0 aromatic heterocycles. The molecule has 2 aliphatic rings. The molecule has 0 atom stereocenters. The van der Waals surface area contributed by atoms with Crippen LogP contribution in [-0.2, 0) is 6.54 Å². The van der Waals surface area contributed by atoms with Crippen LogP contribution in [0.25, 0.3) is 0 Å². The Bertz CT molecular complexity index is 846. The van der Waals surface area contributed by atoms with E-state index in [1.165, 1.54) is 18.9 Å². The Morgan fingerprint density at radius 1 is 0.967 bits per heavy atom. The fourth-order valence-electron chi connectivity index (χ4n) is 4.34. The maximum Gasteiger partial charge on any atom is 0.315 e. The molecule has 2 amide bonds. The number of likely N-dealkylation sites (tertiary alicyclic amines) is 1. The summed E-state index contributed by atoms with van der Waals surface area (Å²) in [5.41, 5.74) is 1.13. The van der Waals surface area contributed by atoms with Gasteiger partial charge in [0.15, 0.2) is 11.6 Å². The Labute approximate surface area is 177 Å². The number of hydrogen-bond donors (Lipinski definition) is 2. The van der Waals surface area contributed by atoms with Crippen molar-refractivity contribution in [2.24, 2.45) is 0 Å². The molecule has 2 fully saturated rings. The summed E-state index contributed by atoms with van der Waals surface area (Å²) in [5.74, 6) is 0.504. The maximum atomic E-state index is 13.8. The van der Waals surface area contributed by atoms with Gasteiger partial charge in [-0.25, -0.2) is 9.18 Å². The van der Waals surface area contributed by atoms with Crippen LogP contribution in [0.4, 0.5) is 9.18 Å². The summed E-state index contributed by atoms with van der Waals surface area (Å²) >= 11 is 0. The average Bonchev–Trinajstić information content (AvgIpc) is 3.24. The van der Waals surface area contributed by atoms with E-state index < -0.39 is 0 Å². The van der Waals surface area contributed by atoms with Gasteiger partial charge in [0.1, 0.15) is 5.75 Å². The third kappa shape index (κ3) is 5.72. The van der Waals surface area contributed by atoms with Gasteiger partial charge in [0.2, 0.25) is 0 Å². The van der Waals surface area contributed by atoms with Gasteiger partial charge < -0.3 is 15.4 Å². The van der Waals surface area contributed by atoms with Crippen molar-refractivity contribution in [2.75, 3.05) is 13.1 Å². The SMILES string of the molecule is O=C(NC1CCCC1)NC1CCN(Cc2cccc(Oc3ccccc3F)c2)CC1. The van der Waals surface area contributed by atoms with Crippen molar-refractivity contribution in [2.45, 2.75) is 57.2 Å². The minimum Gasteiger partial charge on any atom is -0.454 e. The van der Waals surface area contributed by atoms with Crippen molar-refractivity contribution >= 4 is 6.03 Å². The number of piperidine rings is 1. The van der Waals surface area contributed by atoms with Crippen molar-refractivity contribution in [1.82, 2.24) is 15.5 Å². The molecule has 0 bridgehead atoms. The molecule has 6 heteroatoms. The predicted molar refractivity (Wildman–Crippen MR) is 115 cm³/mol. The number of benzene rings is 2. The van der Waals surface area contributed by atoms with Gasteiger partial charge in [-0.1, -0.05) is 37.1 Å². The highest BCUT2D eigenvalue weighted by molar-refractivity contribution is 5.74. The van der Waals surface area contributed by atoms with Crippen LogP contribution in [0.2, 0.25) is 0 Å². The van der Waals surface area contributed by atoms with Gasteiger partial charge in [-0.3, -0.25) is 4.90 Å². The number of amides is 2. The van der Waals surface area contributed by atoms with Crippen LogP contribution in [0.3, 0.4) is 0 Å². The zero-order valence-electron chi connectivity index (χ0n) is 17.3. The lowest BCUT2D eigenvalue weighted by molar-refractivity contribution is 0.185. The van der Waals surface area contributed by atoms with Crippen molar-refractivity contribution < 1.29 is 13.9 Å². The Morgan fingerprint density at radius 2 is 1.67 bits per heavy atom. The lowest BCUT2D eigenvalue weighted by Crippen LogP contribution is -2.49. The minimum atomic E-state index is -0.366. The normalized spacial score (nSPS) is 18.3. The fourth-order valence-corrected chi connectivity index (χ4v) is 4.34. The van der Waals surface area contributed by atoms with E-state index in [0.29, 0.717) is 11.8 Å². The summed E-state index contributed by atoms with van der Waals surface area (Å²) in [4.78, 5) is 14.6. The van der Waals surface area contributed by atoms with Gasteiger partial charge in [0.05, 0.1) is 0 Å². The highest BCUT2D eigenvalue weighted by Gasteiger charge is 2.23. The molecule has 1 saturated heterocycles. The molecule has 2 N–H and O–H groups in total. The molecule has 4 rings (SSSR count). The molecule has 1 heterocycles. The summed E-state index contributed by atoms with van der Waals surface area (Å²) < 4.78 is 19.5. The minimum absolute atomic E-state index is 0.0154. The van der Waals surface area contributed by atoms with E-state index in [-0.39, 0.29) is 23.6 Å². The first kappa shape index (κ1) is 20.7. The molecule has 1 saturated carbocycles. The molecule has 1 aliphatic heterocycles. The number of nitrogens with zero attached hydrogens (tertiary/aromatic N) is 1. The molecular formula is C24H30FN3O2. The number of carbonyl (C=O) groups is 1. The molecule has 5 nitrogen and oxygen atoms in total. The van der Waals surface area contributed by atoms with Crippen molar-refractivity contribution in [3.8, 4) is 11.5 Å². The lowest BCUT2D eigenvalue weighted by Gasteiger charge is -2.32. The van der Waals surface area contributed by atoms with Crippen LogP contribution < -0.4 is 15.4 Å². The number of halogens is 1. The first-order chi connectivity index (χ1) is 14.7. The molecule has 30 heavy (non-hydrogen) atoms. The summed E-state index contributed by atoms with van der Waals surface area (Å²) in [5, 5.41) is 6.24. The van der Waals surface area contributed by atoms with E-state index in [1.54, 1.807) is 18.2 Å². The van der Waals surface area contributed by atoms with Crippen LogP contribution in [0.5, 0.6) is 11.5 Å². The second-order valence-electron chi connectivity index (χ2n) is 8.33. The smallest absolute Gasteiger partial charge is 0.315 e. The maximum absolute atomic E-state index is 13.8. The zero-order valence-corrected chi connectivity index (χ0v) is 17.3. The molecule has 1 aliphatic carbocycles. The fraction of sp³-hybridized carbons (Fsp3) is 0.458. The molecule has 2 aromatic rings. The van der Waals surface area contributed by atoms with Crippen LogP contribution in [0, 0.1) is 5.82 Å². The quantitative estimate of drug-likeness (QED) is 0.716. The van der Waals surface area contributed by atoms with E-state index in [2.05, 4.69) is 21.6 Å². The van der Waals surface area contributed by atoms with Gasteiger partial charge in [-0.15, -0.1) is 0 Å². The van der Waals surface area contributed by atoms with Crippen molar-refractivity contribution in [3.05, 3.63) is 59.9 Å². The lowest BCUT2D eigenvalue weighted by atomic mass is 10.0. The van der Waals surface area contributed by atoms with E-state index in [1.807, 2.05) is 18.2 Å². The van der Waals surface area contributed by atoms with Gasteiger partial charge >= 0.3 is 6.03 Å². The molecular weight excluding hydrogens is 381 g/mol. The average molecular weight is 412 g/mol. The third-order valence-electron chi connectivity index (χ3n) is 5.98. The predicted octanol–water partition coefficient (Wildman–Crippen LogP) is 4.82. The number of urea groups is 1. The second kappa shape index (κ2) is 9.94. The van der Waals surface area contributed by atoms with Gasteiger partial charge in [-0.2, -0.15) is 0 Å². The first-order valence-electron chi connectivity index (χ1n) is 11.0. The van der Waals surface area contributed by atoms with E-state index in [9.17, 15) is 9.18 Å². The molecule has 2 aromatic carbocycles. The number of carbonyl (C=O) groups excluding carboxylic acids is 1. The molecule has 0 spiro atoms. The summed E-state index contributed by atoms with van der Waals surface area (Å²) in [6, 6.07) is 14.8. The molecule has 160 valence electrons. The van der Waals surface area contributed by atoms with Gasteiger partial charge in [-0.05, 0) is 55.5 Å². The highest BCUT2D eigenvalue weighted by Crippen LogP contribution is 2.25. The van der Waals surface area contributed by atoms with Gasteiger partial charge in [0, 0.05) is 31.7 Å². The molecule has 0 radical (unpaired) electrons. The monoisotopic (exact) mass is 411 g/mol. The van der Waals surface area contributed by atoms with E-state index in [0.717, 1.165) is 50.9 Å². The summed E-state index contributed by atoms with van der Waals surface area (Å²) in [6.07, 6.45) is 6.54. The van der Waals surface area contributed by atoms with E-state index >= 15 is 0 Å². The number of para-hydroxylation sites is 1.